The van der Waals surface area contributed by atoms with Crippen LogP contribution in [0.2, 0.25) is 0 Å². The molecule has 0 bridgehead atoms. The Morgan fingerprint density at radius 3 is 2.65 bits per heavy atom. The van der Waals surface area contributed by atoms with E-state index < -0.39 is 0 Å². The summed E-state index contributed by atoms with van der Waals surface area (Å²) in [7, 11) is 0. The zero-order chi connectivity index (χ0) is 12.0. The average Bonchev–Trinajstić information content (AvgIpc) is 3.11. The predicted octanol–water partition coefficient (Wildman–Crippen LogP) is 3.02. The number of halogens is 1. The quantitative estimate of drug-likeness (QED) is 0.881. The summed E-state index contributed by atoms with van der Waals surface area (Å²) in [5.41, 5.74) is 9.96. The molecule has 1 aromatic rings. The van der Waals surface area contributed by atoms with Gasteiger partial charge in [-0.15, -0.1) is 0 Å². The number of phenols is 1. The minimum Gasteiger partial charge on any atom is -0.506 e. The number of aromatic hydroxyl groups is 1. The van der Waals surface area contributed by atoms with E-state index in [2.05, 4.69) is 22.0 Å². The lowest BCUT2D eigenvalue weighted by Crippen LogP contribution is -2.23. The maximum Gasteiger partial charge on any atom is 0.133 e. The van der Waals surface area contributed by atoms with Gasteiger partial charge in [0, 0.05) is 17.5 Å². The standard InChI is InChI=1S/C14H18BrNO/c15-11-7-9-3-1-2-4-10(9)12(13(11)17)14(8-16)5-6-14/h7,17H,1-6,8,16H2. The van der Waals surface area contributed by atoms with Crippen LogP contribution in [0, 0.1) is 0 Å². The van der Waals surface area contributed by atoms with Gasteiger partial charge >= 0.3 is 0 Å². The fraction of sp³-hybridized carbons (Fsp3) is 0.571. The van der Waals surface area contributed by atoms with Gasteiger partial charge in [-0.2, -0.15) is 0 Å². The molecule has 0 aromatic heterocycles. The first kappa shape index (κ1) is 11.5. The molecular formula is C14H18BrNO. The molecule has 0 spiro atoms. The SMILES string of the molecule is NCC1(c2c(O)c(Br)cc3c2CCCC3)CC1. The monoisotopic (exact) mass is 295 g/mol. The molecule has 3 heteroatoms. The van der Waals surface area contributed by atoms with Gasteiger partial charge in [-0.25, -0.2) is 0 Å². The van der Waals surface area contributed by atoms with Crippen molar-refractivity contribution in [3.63, 3.8) is 0 Å². The van der Waals surface area contributed by atoms with E-state index in [0.717, 1.165) is 35.7 Å². The van der Waals surface area contributed by atoms with Crippen LogP contribution in [-0.2, 0) is 18.3 Å². The molecule has 0 aliphatic heterocycles. The highest BCUT2D eigenvalue weighted by atomic mass is 79.9. The molecule has 0 unspecified atom stereocenters. The Bertz CT molecular complexity index is 466. The summed E-state index contributed by atoms with van der Waals surface area (Å²) in [5.74, 6) is 0.439. The molecule has 3 N–H and O–H groups in total. The van der Waals surface area contributed by atoms with Gasteiger partial charge < -0.3 is 10.8 Å². The molecule has 1 aromatic carbocycles. The maximum absolute atomic E-state index is 10.4. The maximum atomic E-state index is 10.4. The van der Waals surface area contributed by atoms with Crippen LogP contribution < -0.4 is 5.73 Å². The number of rotatable bonds is 2. The third kappa shape index (κ3) is 1.71. The van der Waals surface area contributed by atoms with E-state index in [9.17, 15) is 5.11 Å². The third-order valence-corrected chi connectivity index (χ3v) is 4.96. The zero-order valence-corrected chi connectivity index (χ0v) is 11.5. The lowest BCUT2D eigenvalue weighted by molar-refractivity contribution is 0.451. The second-order valence-corrected chi connectivity index (χ2v) is 6.27. The highest BCUT2D eigenvalue weighted by Crippen LogP contribution is 2.54. The Morgan fingerprint density at radius 2 is 2.00 bits per heavy atom. The van der Waals surface area contributed by atoms with Gasteiger partial charge in [0.05, 0.1) is 4.47 Å². The smallest absolute Gasteiger partial charge is 0.133 e. The number of aryl methyl sites for hydroxylation is 1. The van der Waals surface area contributed by atoms with Crippen LogP contribution in [0.3, 0.4) is 0 Å². The van der Waals surface area contributed by atoms with Gasteiger partial charge in [0.25, 0.3) is 0 Å². The number of hydrogen-bond donors (Lipinski definition) is 2. The van der Waals surface area contributed by atoms with Crippen molar-refractivity contribution in [2.45, 2.75) is 43.9 Å². The van der Waals surface area contributed by atoms with Crippen molar-refractivity contribution >= 4 is 15.9 Å². The lowest BCUT2D eigenvalue weighted by atomic mass is 9.81. The molecule has 0 heterocycles. The van der Waals surface area contributed by atoms with E-state index in [1.54, 1.807) is 0 Å². The van der Waals surface area contributed by atoms with Crippen LogP contribution in [-0.4, -0.2) is 11.7 Å². The number of nitrogens with two attached hydrogens (primary N) is 1. The van der Waals surface area contributed by atoms with Crippen LogP contribution in [0.5, 0.6) is 5.75 Å². The van der Waals surface area contributed by atoms with E-state index in [1.165, 1.54) is 24.0 Å². The van der Waals surface area contributed by atoms with Crippen molar-refractivity contribution < 1.29 is 5.11 Å². The zero-order valence-electron chi connectivity index (χ0n) is 9.93. The van der Waals surface area contributed by atoms with Crippen molar-refractivity contribution in [2.24, 2.45) is 5.73 Å². The van der Waals surface area contributed by atoms with Crippen LogP contribution in [0.15, 0.2) is 10.5 Å². The Morgan fingerprint density at radius 1 is 1.29 bits per heavy atom. The Kier molecular flexibility index (Phi) is 2.71. The van der Waals surface area contributed by atoms with Gasteiger partial charge in [-0.05, 0) is 71.6 Å². The minimum atomic E-state index is 0.0787. The minimum absolute atomic E-state index is 0.0787. The second kappa shape index (κ2) is 3.99. The van der Waals surface area contributed by atoms with E-state index >= 15 is 0 Å². The summed E-state index contributed by atoms with van der Waals surface area (Å²) in [6.07, 6.45) is 7.00. The molecule has 3 rings (SSSR count). The van der Waals surface area contributed by atoms with Crippen LogP contribution in [0.25, 0.3) is 0 Å². The number of phenolic OH excluding ortho intramolecular Hbond substituents is 1. The summed E-state index contributed by atoms with van der Waals surface area (Å²) in [6, 6.07) is 2.10. The number of benzene rings is 1. The van der Waals surface area contributed by atoms with Crippen LogP contribution in [0.1, 0.15) is 42.4 Å². The summed E-state index contributed by atoms with van der Waals surface area (Å²) >= 11 is 3.48. The second-order valence-electron chi connectivity index (χ2n) is 5.41. The lowest BCUT2D eigenvalue weighted by Gasteiger charge is -2.26. The Hall–Kier alpha value is -0.540. The number of hydrogen-bond acceptors (Lipinski definition) is 2. The van der Waals surface area contributed by atoms with Gasteiger partial charge in [-0.3, -0.25) is 0 Å². The molecule has 1 saturated carbocycles. The van der Waals surface area contributed by atoms with Gasteiger partial charge in [-0.1, -0.05) is 0 Å². The molecule has 17 heavy (non-hydrogen) atoms. The highest BCUT2D eigenvalue weighted by Gasteiger charge is 2.47. The summed E-state index contributed by atoms with van der Waals surface area (Å²) in [6.45, 7) is 0.656. The molecule has 92 valence electrons. The van der Waals surface area contributed by atoms with Crippen LogP contribution >= 0.6 is 15.9 Å². The Balaban J connectivity index is 2.21. The van der Waals surface area contributed by atoms with Gasteiger partial charge in [0.15, 0.2) is 0 Å². The van der Waals surface area contributed by atoms with E-state index in [-0.39, 0.29) is 5.41 Å². The van der Waals surface area contributed by atoms with E-state index in [0.29, 0.717) is 12.3 Å². The molecular weight excluding hydrogens is 278 g/mol. The molecule has 0 amide bonds. The van der Waals surface area contributed by atoms with Crippen molar-refractivity contribution in [3.8, 4) is 5.75 Å². The van der Waals surface area contributed by atoms with E-state index in [1.807, 2.05) is 0 Å². The molecule has 0 radical (unpaired) electrons. The van der Waals surface area contributed by atoms with Crippen LogP contribution in [0.4, 0.5) is 0 Å². The van der Waals surface area contributed by atoms with Crippen molar-refractivity contribution in [2.75, 3.05) is 6.54 Å². The topological polar surface area (TPSA) is 46.2 Å². The molecule has 2 aliphatic rings. The molecule has 0 atom stereocenters. The summed E-state index contributed by atoms with van der Waals surface area (Å²) in [4.78, 5) is 0. The third-order valence-electron chi connectivity index (χ3n) is 4.35. The van der Waals surface area contributed by atoms with Crippen molar-refractivity contribution in [1.29, 1.82) is 0 Å². The first-order chi connectivity index (χ1) is 8.18. The van der Waals surface area contributed by atoms with E-state index in [4.69, 9.17) is 5.73 Å². The molecule has 0 saturated heterocycles. The fourth-order valence-electron chi connectivity index (χ4n) is 3.14. The normalized spacial score (nSPS) is 21.1. The molecule has 1 fully saturated rings. The first-order valence-electron chi connectivity index (χ1n) is 6.42. The van der Waals surface area contributed by atoms with Gasteiger partial charge in [0.1, 0.15) is 5.75 Å². The first-order valence-corrected chi connectivity index (χ1v) is 7.21. The van der Waals surface area contributed by atoms with Gasteiger partial charge in [0.2, 0.25) is 0 Å². The average molecular weight is 296 g/mol. The van der Waals surface area contributed by atoms with Crippen molar-refractivity contribution in [3.05, 3.63) is 27.2 Å². The predicted molar refractivity (Wildman–Crippen MR) is 72.4 cm³/mol. The fourth-order valence-corrected chi connectivity index (χ4v) is 3.61. The summed E-state index contributed by atoms with van der Waals surface area (Å²) < 4.78 is 0.841. The largest absolute Gasteiger partial charge is 0.506 e. The van der Waals surface area contributed by atoms with Crippen molar-refractivity contribution in [1.82, 2.24) is 0 Å². The Labute approximate surface area is 110 Å². The summed E-state index contributed by atoms with van der Waals surface area (Å²) in [5, 5.41) is 10.4. The number of fused-ring (bicyclic) bond motifs is 1. The molecule has 2 nitrogen and oxygen atoms in total. The highest BCUT2D eigenvalue weighted by molar-refractivity contribution is 9.10. The molecule has 2 aliphatic carbocycles.